The van der Waals surface area contributed by atoms with Crippen molar-refractivity contribution in [3.63, 3.8) is 0 Å². The molecule has 0 amide bonds. The summed E-state index contributed by atoms with van der Waals surface area (Å²) in [4.78, 5) is 35.9. The van der Waals surface area contributed by atoms with Crippen molar-refractivity contribution in [2.45, 2.75) is 26.9 Å². The Kier molecular flexibility index (Phi) is 5.26. The largest absolute Gasteiger partial charge is 0.485 e. The van der Waals surface area contributed by atoms with Crippen LogP contribution >= 0.6 is 0 Å². The summed E-state index contributed by atoms with van der Waals surface area (Å²) < 4.78 is 11.0. The van der Waals surface area contributed by atoms with E-state index in [4.69, 9.17) is 9.47 Å². The lowest BCUT2D eigenvalue weighted by molar-refractivity contribution is -0.384. The second kappa shape index (κ2) is 7.64. The summed E-state index contributed by atoms with van der Waals surface area (Å²) in [6, 6.07) is 6.98. The van der Waals surface area contributed by atoms with Gasteiger partial charge in [0.1, 0.15) is 11.9 Å². The average Bonchev–Trinajstić information content (AvgIpc) is 2.67. The third-order valence-electron chi connectivity index (χ3n) is 4.48. The van der Waals surface area contributed by atoms with E-state index in [1.807, 2.05) is 13.0 Å². The van der Waals surface area contributed by atoms with Crippen LogP contribution < -0.4 is 4.74 Å². The summed E-state index contributed by atoms with van der Waals surface area (Å²) in [5, 5.41) is 10.9. The van der Waals surface area contributed by atoms with Crippen molar-refractivity contribution < 1.29 is 24.0 Å². The average molecular weight is 381 g/mol. The van der Waals surface area contributed by atoms with Gasteiger partial charge in [-0.2, -0.15) is 0 Å². The molecule has 1 atom stereocenters. The molecule has 3 rings (SSSR count). The van der Waals surface area contributed by atoms with Crippen molar-refractivity contribution in [3.05, 3.63) is 74.3 Å². The number of benzene rings is 2. The molecule has 1 heterocycles. The van der Waals surface area contributed by atoms with E-state index < -0.39 is 10.9 Å². The van der Waals surface area contributed by atoms with E-state index in [1.54, 1.807) is 26.0 Å². The Balaban J connectivity index is 2.16. The normalized spacial score (nSPS) is 14.8. The standard InChI is InChI=1S/C21H19NO6/c1-4-27-21(24)17-11-15-6-5-12(2)28-20(15)18(13(17)3)19(23)14-7-9-16(10-8-14)22(25)26/h5-12H,4H2,1-3H3. The Labute approximate surface area is 161 Å². The molecule has 2 aromatic rings. The first kappa shape index (κ1) is 19.3. The van der Waals surface area contributed by atoms with Gasteiger partial charge in [0.2, 0.25) is 0 Å². The van der Waals surface area contributed by atoms with Crippen LogP contribution in [0, 0.1) is 17.0 Å². The molecule has 0 aromatic heterocycles. The summed E-state index contributed by atoms with van der Waals surface area (Å²) in [7, 11) is 0. The Morgan fingerprint density at radius 2 is 1.93 bits per heavy atom. The molecule has 28 heavy (non-hydrogen) atoms. The maximum atomic E-state index is 13.2. The molecule has 1 aliphatic heterocycles. The minimum atomic E-state index is -0.529. The lowest BCUT2D eigenvalue weighted by Gasteiger charge is -2.23. The van der Waals surface area contributed by atoms with Gasteiger partial charge in [-0.15, -0.1) is 0 Å². The Morgan fingerprint density at radius 1 is 1.25 bits per heavy atom. The van der Waals surface area contributed by atoms with Crippen LogP contribution in [0.25, 0.3) is 6.08 Å². The third kappa shape index (κ3) is 3.51. The van der Waals surface area contributed by atoms with Crippen LogP contribution in [0.5, 0.6) is 5.75 Å². The van der Waals surface area contributed by atoms with Crippen molar-refractivity contribution in [1.29, 1.82) is 0 Å². The van der Waals surface area contributed by atoms with Gasteiger partial charge in [0.15, 0.2) is 5.78 Å². The number of carbonyl (C=O) groups excluding carboxylic acids is 2. The molecule has 7 heteroatoms. The third-order valence-corrected chi connectivity index (χ3v) is 4.48. The van der Waals surface area contributed by atoms with Crippen molar-refractivity contribution in [3.8, 4) is 5.75 Å². The molecule has 0 spiro atoms. The highest BCUT2D eigenvalue weighted by atomic mass is 16.6. The van der Waals surface area contributed by atoms with Gasteiger partial charge in [-0.3, -0.25) is 14.9 Å². The highest BCUT2D eigenvalue weighted by Crippen LogP contribution is 2.36. The fourth-order valence-electron chi connectivity index (χ4n) is 3.07. The number of hydrogen-bond donors (Lipinski definition) is 0. The fraction of sp³-hybridized carbons (Fsp3) is 0.238. The molecule has 0 fully saturated rings. The Hall–Kier alpha value is -3.48. The van der Waals surface area contributed by atoms with Gasteiger partial charge in [0.05, 0.1) is 22.7 Å². The SMILES string of the molecule is CCOC(=O)c1cc2c(c(C(=O)c3ccc([N+](=O)[O-])cc3)c1C)OC(C)C=C2. The summed E-state index contributed by atoms with van der Waals surface area (Å²) in [6.07, 6.45) is 3.40. The predicted molar refractivity (Wildman–Crippen MR) is 103 cm³/mol. The van der Waals surface area contributed by atoms with Crippen LogP contribution in [-0.2, 0) is 4.74 Å². The second-order valence-corrected chi connectivity index (χ2v) is 6.38. The van der Waals surface area contributed by atoms with Gasteiger partial charge in [-0.05, 0) is 50.6 Å². The van der Waals surface area contributed by atoms with E-state index in [0.29, 0.717) is 16.9 Å². The number of nitrogens with zero attached hydrogens (tertiary/aromatic N) is 1. The Morgan fingerprint density at radius 3 is 2.54 bits per heavy atom. The fourth-order valence-corrected chi connectivity index (χ4v) is 3.07. The van der Waals surface area contributed by atoms with E-state index in [1.165, 1.54) is 24.3 Å². The molecule has 1 aliphatic rings. The molecule has 0 radical (unpaired) electrons. The molecular weight excluding hydrogens is 362 g/mol. The van der Waals surface area contributed by atoms with Crippen LogP contribution in [0.3, 0.4) is 0 Å². The van der Waals surface area contributed by atoms with Crippen LogP contribution in [0.1, 0.15) is 51.3 Å². The molecule has 0 bridgehead atoms. The molecule has 7 nitrogen and oxygen atoms in total. The van der Waals surface area contributed by atoms with Crippen molar-refractivity contribution >= 4 is 23.5 Å². The van der Waals surface area contributed by atoms with Gasteiger partial charge in [-0.1, -0.05) is 6.08 Å². The zero-order valence-corrected chi connectivity index (χ0v) is 15.7. The maximum Gasteiger partial charge on any atom is 0.338 e. The lowest BCUT2D eigenvalue weighted by Crippen LogP contribution is -2.19. The van der Waals surface area contributed by atoms with Crippen LogP contribution in [-0.4, -0.2) is 29.4 Å². The molecule has 0 N–H and O–H groups in total. The number of esters is 1. The first-order valence-electron chi connectivity index (χ1n) is 8.82. The van der Waals surface area contributed by atoms with Crippen molar-refractivity contribution in [1.82, 2.24) is 0 Å². The second-order valence-electron chi connectivity index (χ2n) is 6.38. The van der Waals surface area contributed by atoms with Crippen LogP contribution in [0.4, 0.5) is 5.69 Å². The number of nitro groups is 1. The number of carbonyl (C=O) groups is 2. The minimum Gasteiger partial charge on any atom is -0.485 e. The van der Waals surface area contributed by atoms with Crippen LogP contribution in [0.2, 0.25) is 0 Å². The minimum absolute atomic E-state index is 0.108. The highest BCUT2D eigenvalue weighted by molar-refractivity contribution is 6.14. The quantitative estimate of drug-likeness (QED) is 0.335. The smallest absolute Gasteiger partial charge is 0.338 e. The van der Waals surface area contributed by atoms with Crippen LogP contribution in [0.15, 0.2) is 36.4 Å². The first-order chi connectivity index (χ1) is 13.3. The Bertz CT molecular complexity index is 991. The molecule has 144 valence electrons. The molecule has 1 unspecified atom stereocenters. The van der Waals surface area contributed by atoms with Crippen molar-refractivity contribution in [2.75, 3.05) is 6.61 Å². The number of ether oxygens (including phenoxy) is 2. The zero-order chi connectivity index (χ0) is 20.4. The van der Waals surface area contributed by atoms with E-state index in [2.05, 4.69) is 0 Å². The number of non-ortho nitro benzene ring substituents is 1. The zero-order valence-electron chi connectivity index (χ0n) is 15.7. The van der Waals surface area contributed by atoms with E-state index in [9.17, 15) is 19.7 Å². The summed E-state index contributed by atoms with van der Waals surface area (Å²) in [5.74, 6) is -0.506. The van der Waals surface area contributed by atoms with Crippen molar-refractivity contribution in [2.24, 2.45) is 0 Å². The van der Waals surface area contributed by atoms with Gasteiger partial charge in [0, 0.05) is 23.3 Å². The topological polar surface area (TPSA) is 95.7 Å². The molecule has 0 aliphatic carbocycles. The van der Waals surface area contributed by atoms with Gasteiger partial charge in [0.25, 0.3) is 5.69 Å². The van der Waals surface area contributed by atoms with Gasteiger partial charge < -0.3 is 9.47 Å². The number of fused-ring (bicyclic) bond motifs is 1. The van der Waals surface area contributed by atoms with Gasteiger partial charge >= 0.3 is 5.97 Å². The van der Waals surface area contributed by atoms with Gasteiger partial charge in [-0.25, -0.2) is 4.79 Å². The number of hydrogen-bond acceptors (Lipinski definition) is 6. The first-order valence-corrected chi connectivity index (χ1v) is 8.82. The predicted octanol–water partition coefficient (Wildman–Crippen LogP) is 4.11. The molecular formula is C21H19NO6. The number of nitro benzene ring substituents is 1. The highest BCUT2D eigenvalue weighted by Gasteiger charge is 2.28. The maximum absolute atomic E-state index is 13.2. The summed E-state index contributed by atoms with van der Waals surface area (Å²) in [6.45, 7) is 5.43. The monoisotopic (exact) mass is 381 g/mol. The number of rotatable bonds is 5. The van der Waals surface area contributed by atoms with E-state index >= 15 is 0 Å². The lowest BCUT2D eigenvalue weighted by atomic mass is 9.90. The number of ketones is 1. The molecule has 0 saturated carbocycles. The van der Waals surface area contributed by atoms with E-state index in [0.717, 1.165) is 0 Å². The summed E-state index contributed by atoms with van der Waals surface area (Å²) >= 11 is 0. The van der Waals surface area contributed by atoms with E-state index in [-0.39, 0.29) is 40.9 Å². The molecule has 0 saturated heterocycles. The molecule has 2 aromatic carbocycles. The summed E-state index contributed by atoms with van der Waals surface area (Å²) in [5.41, 5.74) is 1.76.